The van der Waals surface area contributed by atoms with E-state index in [9.17, 15) is 4.79 Å². The van der Waals surface area contributed by atoms with E-state index >= 15 is 0 Å². The highest BCUT2D eigenvalue weighted by Gasteiger charge is 2.29. The molecule has 0 bridgehead atoms. The molecule has 0 aromatic heterocycles. The quantitative estimate of drug-likeness (QED) is 0.735. The largest absolute Gasteiger partial charge is 0.497 e. The molecule has 3 N–H and O–H groups in total. The molecule has 0 spiro atoms. The summed E-state index contributed by atoms with van der Waals surface area (Å²) in [4.78, 5) is 12.3. The van der Waals surface area contributed by atoms with Crippen molar-refractivity contribution in [2.75, 3.05) is 7.11 Å². The molecule has 24 heavy (non-hydrogen) atoms. The molecule has 1 saturated heterocycles. The van der Waals surface area contributed by atoms with Gasteiger partial charge in [0.2, 0.25) is 5.91 Å². The van der Waals surface area contributed by atoms with Crippen LogP contribution < -0.4 is 20.9 Å². The van der Waals surface area contributed by atoms with Crippen molar-refractivity contribution in [2.24, 2.45) is 0 Å². The lowest BCUT2D eigenvalue weighted by atomic mass is 10.0. The van der Waals surface area contributed by atoms with Gasteiger partial charge in [0, 0.05) is 17.1 Å². The first kappa shape index (κ1) is 17.0. The molecule has 3 rings (SSSR count). The summed E-state index contributed by atoms with van der Waals surface area (Å²) in [5, 5.41) is 2.98. The molecule has 126 valence electrons. The number of ether oxygens (including phenoxy) is 1. The zero-order valence-corrected chi connectivity index (χ0v) is 15.0. The molecular formula is C18H20BrN3O2. The van der Waals surface area contributed by atoms with Gasteiger partial charge in [0.05, 0.1) is 7.11 Å². The molecule has 1 fully saturated rings. The van der Waals surface area contributed by atoms with E-state index < -0.39 is 0 Å². The van der Waals surface area contributed by atoms with Crippen LogP contribution in [0.3, 0.4) is 0 Å². The average Bonchev–Trinajstić information content (AvgIpc) is 3.10. The summed E-state index contributed by atoms with van der Waals surface area (Å²) in [6, 6.07) is 15.7. The molecular weight excluding hydrogens is 370 g/mol. The Bertz CT molecular complexity index is 706. The first-order valence-corrected chi connectivity index (χ1v) is 8.62. The van der Waals surface area contributed by atoms with Gasteiger partial charge in [-0.3, -0.25) is 4.79 Å². The summed E-state index contributed by atoms with van der Waals surface area (Å²) in [6.07, 6.45) is 0.705. The number of nitrogens with one attached hydrogen (secondary N) is 3. The standard InChI is InChI=1S/C18H20BrN3O2/c1-24-15-7-5-13(6-8-15)16-10-17(22-21-16)18(23)20-11-12-3-2-4-14(19)9-12/h2-9,16-17,21-22H,10-11H2,1H3,(H,20,23). The van der Waals surface area contributed by atoms with E-state index in [4.69, 9.17) is 4.74 Å². The third-order valence-corrected chi connectivity index (χ3v) is 4.59. The van der Waals surface area contributed by atoms with Crippen LogP contribution in [-0.2, 0) is 11.3 Å². The number of hydrogen-bond acceptors (Lipinski definition) is 4. The van der Waals surface area contributed by atoms with E-state index in [-0.39, 0.29) is 18.0 Å². The van der Waals surface area contributed by atoms with Crippen molar-refractivity contribution in [3.63, 3.8) is 0 Å². The van der Waals surface area contributed by atoms with Crippen LogP contribution in [0.2, 0.25) is 0 Å². The van der Waals surface area contributed by atoms with Gasteiger partial charge in [-0.25, -0.2) is 10.9 Å². The Morgan fingerprint density at radius 3 is 2.75 bits per heavy atom. The van der Waals surface area contributed by atoms with Crippen molar-refractivity contribution in [3.05, 3.63) is 64.1 Å². The van der Waals surface area contributed by atoms with E-state index in [0.717, 1.165) is 21.3 Å². The predicted molar refractivity (Wildman–Crippen MR) is 96.4 cm³/mol. The summed E-state index contributed by atoms with van der Waals surface area (Å²) in [5.41, 5.74) is 8.46. The molecule has 1 aliphatic heterocycles. The Morgan fingerprint density at radius 1 is 1.25 bits per heavy atom. The number of benzene rings is 2. The summed E-state index contributed by atoms with van der Waals surface area (Å²) < 4.78 is 6.18. The highest BCUT2D eigenvalue weighted by molar-refractivity contribution is 9.10. The molecule has 1 aliphatic rings. The topological polar surface area (TPSA) is 62.4 Å². The Hall–Kier alpha value is -1.89. The van der Waals surface area contributed by atoms with Gasteiger partial charge in [0.1, 0.15) is 11.8 Å². The molecule has 0 radical (unpaired) electrons. The Balaban J connectivity index is 1.53. The van der Waals surface area contributed by atoms with Gasteiger partial charge in [0.25, 0.3) is 0 Å². The molecule has 2 aromatic carbocycles. The number of rotatable bonds is 5. The van der Waals surface area contributed by atoms with Crippen LogP contribution in [0.4, 0.5) is 0 Å². The van der Waals surface area contributed by atoms with E-state index in [1.807, 2.05) is 48.5 Å². The van der Waals surface area contributed by atoms with Crippen LogP contribution in [0.1, 0.15) is 23.6 Å². The molecule has 2 atom stereocenters. The number of carbonyl (C=O) groups is 1. The smallest absolute Gasteiger partial charge is 0.238 e. The Labute approximate surface area is 149 Å². The summed E-state index contributed by atoms with van der Waals surface area (Å²) in [6.45, 7) is 0.518. The number of halogens is 1. The maximum absolute atomic E-state index is 12.3. The zero-order valence-electron chi connectivity index (χ0n) is 13.4. The molecule has 2 aromatic rings. The summed E-state index contributed by atoms with van der Waals surface area (Å²) >= 11 is 3.44. The van der Waals surface area contributed by atoms with Crippen molar-refractivity contribution in [2.45, 2.75) is 25.0 Å². The van der Waals surface area contributed by atoms with E-state index in [2.05, 4.69) is 32.1 Å². The van der Waals surface area contributed by atoms with Gasteiger partial charge >= 0.3 is 0 Å². The van der Waals surface area contributed by atoms with Crippen molar-refractivity contribution in [1.82, 2.24) is 16.2 Å². The van der Waals surface area contributed by atoms with Crippen LogP contribution in [0.25, 0.3) is 0 Å². The van der Waals surface area contributed by atoms with Gasteiger partial charge in [-0.15, -0.1) is 0 Å². The average molecular weight is 390 g/mol. The first-order valence-electron chi connectivity index (χ1n) is 7.83. The van der Waals surface area contributed by atoms with Gasteiger partial charge in [-0.2, -0.15) is 0 Å². The second kappa shape index (κ2) is 7.79. The minimum atomic E-state index is -0.246. The van der Waals surface area contributed by atoms with Gasteiger partial charge in [-0.1, -0.05) is 40.2 Å². The monoisotopic (exact) mass is 389 g/mol. The van der Waals surface area contributed by atoms with E-state index in [0.29, 0.717) is 13.0 Å². The number of hydrogen-bond donors (Lipinski definition) is 3. The lowest BCUT2D eigenvalue weighted by Crippen LogP contribution is -2.42. The number of methoxy groups -OCH3 is 1. The second-order valence-corrected chi connectivity index (χ2v) is 6.67. The number of hydrazine groups is 1. The second-order valence-electron chi connectivity index (χ2n) is 5.75. The van der Waals surface area contributed by atoms with Crippen molar-refractivity contribution in [3.8, 4) is 5.75 Å². The fourth-order valence-corrected chi connectivity index (χ4v) is 3.19. The fourth-order valence-electron chi connectivity index (χ4n) is 2.74. The fraction of sp³-hybridized carbons (Fsp3) is 0.278. The van der Waals surface area contributed by atoms with Gasteiger partial charge in [0.15, 0.2) is 0 Å². The van der Waals surface area contributed by atoms with Crippen LogP contribution >= 0.6 is 15.9 Å². The van der Waals surface area contributed by atoms with Crippen molar-refractivity contribution >= 4 is 21.8 Å². The third-order valence-electron chi connectivity index (χ3n) is 4.09. The van der Waals surface area contributed by atoms with E-state index in [1.54, 1.807) is 7.11 Å². The number of carbonyl (C=O) groups excluding carboxylic acids is 1. The Morgan fingerprint density at radius 2 is 2.04 bits per heavy atom. The molecule has 1 amide bonds. The summed E-state index contributed by atoms with van der Waals surface area (Å²) in [7, 11) is 1.65. The van der Waals surface area contributed by atoms with Crippen LogP contribution in [0, 0.1) is 0 Å². The minimum Gasteiger partial charge on any atom is -0.497 e. The zero-order chi connectivity index (χ0) is 16.9. The maximum atomic E-state index is 12.3. The van der Waals surface area contributed by atoms with Crippen molar-refractivity contribution < 1.29 is 9.53 Å². The molecule has 0 aliphatic carbocycles. The highest BCUT2D eigenvalue weighted by Crippen LogP contribution is 2.24. The SMILES string of the molecule is COc1ccc(C2CC(C(=O)NCc3cccc(Br)c3)NN2)cc1. The van der Waals surface area contributed by atoms with Crippen LogP contribution in [0.15, 0.2) is 53.0 Å². The minimum absolute atomic E-state index is 0.00140. The molecule has 2 unspecified atom stereocenters. The Kier molecular flexibility index (Phi) is 5.50. The molecule has 5 nitrogen and oxygen atoms in total. The van der Waals surface area contributed by atoms with Crippen molar-refractivity contribution in [1.29, 1.82) is 0 Å². The molecule has 0 saturated carbocycles. The first-order chi connectivity index (χ1) is 11.7. The normalized spacial score (nSPS) is 19.9. The van der Waals surface area contributed by atoms with Crippen LogP contribution in [0.5, 0.6) is 5.75 Å². The van der Waals surface area contributed by atoms with Gasteiger partial charge < -0.3 is 10.1 Å². The number of amides is 1. The highest BCUT2D eigenvalue weighted by atomic mass is 79.9. The maximum Gasteiger partial charge on any atom is 0.238 e. The molecule has 6 heteroatoms. The van der Waals surface area contributed by atoms with Gasteiger partial charge in [-0.05, 0) is 41.8 Å². The lowest BCUT2D eigenvalue weighted by molar-refractivity contribution is -0.123. The van der Waals surface area contributed by atoms with E-state index in [1.165, 1.54) is 0 Å². The predicted octanol–water partition coefficient (Wildman–Crippen LogP) is 2.68. The summed E-state index contributed by atoms with van der Waals surface area (Å²) in [5.74, 6) is 0.825. The molecule has 1 heterocycles. The van der Waals surface area contributed by atoms with Crippen LogP contribution in [-0.4, -0.2) is 19.1 Å². The third kappa shape index (κ3) is 4.14. The lowest BCUT2D eigenvalue weighted by Gasteiger charge is -2.11.